The zero-order valence-electron chi connectivity index (χ0n) is 14.5. The molecule has 2 aromatic heterocycles. The van der Waals surface area contributed by atoms with Crippen LogP contribution in [0.5, 0.6) is 0 Å². The van der Waals surface area contributed by atoms with Crippen molar-refractivity contribution in [2.75, 3.05) is 10.0 Å². The first-order valence-corrected chi connectivity index (χ1v) is 10.5. The molecule has 0 unspecified atom stereocenters. The highest BCUT2D eigenvalue weighted by Gasteiger charge is 2.17. The summed E-state index contributed by atoms with van der Waals surface area (Å²) in [6.45, 7) is 0. The second-order valence-corrected chi connectivity index (χ2v) is 8.37. The zero-order valence-corrected chi connectivity index (χ0v) is 16.1. The van der Waals surface area contributed by atoms with Gasteiger partial charge in [0, 0.05) is 22.7 Å². The van der Waals surface area contributed by atoms with Gasteiger partial charge >= 0.3 is 0 Å². The Kier molecular flexibility index (Phi) is 4.99. The van der Waals surface area contributed by atoms with Crippen LogP contribution < -0.4 is 10.0 Å². The van der Waals surface area contributed by atoms with Crippen molar-refractivity contribution in [1.82, 2.24) is 10.1 Å². The van der Waals surface area contributed by atoms with Gasteiger partial charge in [0.2, 0.25) is 0 Å². The number of aromatic nitrogens is 2. The SMILES string of the molecule is O=S(=O)(Nc1cccc(-c2csc(Nc3ccc(F)cc3F)n2)c1)c1cnoc1. The minimum absolute atomic E-state index is 0.0932. The molecule has 0 atom stereocenters. The second kappa shape index (κ2) is 7.60. The van der Waals surface area contributed by atoms with E-state index in [0.717, 1.165) is 24.6 Å². The monoisotopic (exact) mass is 434 g/mol. The van der Waals surface area contributed by atoms with Crippen molar-refractivity contribution >= 4 is 37.9 Å². The maximum atomic E-state index is 13.8. The molecular weight excluding hydrogens is 422 g/mol. The first-order chi connectivity index (χ1) is 13.9. The van der Waals surface area contributed by atoms with Crippen molar-refractivity contribution < 1.29 is 21.7 Å². The van der Waals surface area contributed by atoms with Gasteiger partial charge in [-0.25, -0.2) is 22.2 Å². The summed E-state index contributed by atoms with van der Waals surface area (Å²) in [5, 5.41) is 8.32. The van der Waals surface area contributed by atoms with Crippen molar-refractivity contribution in [3.05, 3.63) is 71.9 Å². The van der Waals surface area contributed by atoms with Gasteiger partial charge in [-0.15, -0.1) is 11.3 Å². The van der Waals surface area contributed by atoms with Gasteiger partial charge in [0.15, 0.2) is 5.13 Å². The molecule has 7 nitrogen and oxygen atoms in total. The molecule has 2 N–H and O–H groups in total. The Morgan fingerprint density at radius 3 is 2.72 bits per heavy atom. The van der Waals surface area contributed by atoms with Crippen LogP contribution in [0, 0.1) is 11.6 Å². The molecule has 2 heterocycles. The molecule has 0 aliphatic heterocycles. The van der Waals surface area contributed by atoms with E-state index >= 15 is 0 Å². The topological polar surface area (TPSA) is 97.1 Å². The van der Waals surface area contributed by atoms with Gasteiger partial charge in [-0.1, -0.05) is 17.3 Å². The van der Waals surface area contributed by atoms with E-state index in [9.17, 15) is 17.2 Å². The third-order valence-corrected chi connectivity index (χ3v) is 5.89. The molecule has 29 heavy (non-hydrogen) atoms. The first-order valence-electron chi connectivity index (χ1n) is 8.11. The summed E-state index contributed by atoms with van der Waals surface area (Å²) in [5.74, 6) is -1.40. The van der Waals surface area contributed by atoms with E-state index in [1.165, 1.54) is 17.4 Å². The Hall–Kier alpha value is -3.31. The van der Waals surface area contributed by atoms with Gasteiger partial charge in [-0.2, -0.15) is 0 Å². The summed E-state index contributed by atoms with van der Waals surface area (Å²) in [6.07, 6.45) is 2.12. The molecule has 0 fully saturated rings. The molecule has 148 valence electrons. The summed E-state index contributed by atoms with van der Waals surface area (Å²) < 4.78 is 58.4. The second-order valence-electron chi connectivity index (χ2n) is 5.83. The normalized spacial score (nSPS) is 11.4. The maximum absolute atomic E-state index is 13.8. The lowest BCUT2D eigenvalue weighted by molar-refractivity contribution is 0.417. The van der Waals surface area contributed by atoms with Gasteiger partial charge in [-0.3, -0.25) is 4.72 Å². The molecule has 0 saturated heterocycles. The third kappa shape index (κ3) is 4.25. The van der Waals surface area contributed by atoms with Crippen LogP contribution in [-0.4, -0.2) is 18.6 Å². The number of hydrogen-bond donors (Lipinski definition) is 2. The highest BCUT2D eigenvalue weighted by Crippen LogP contribution is 2.30. The number of thiazole rings is 1. The molecule has 0 aliphatic rings. The minimum atomic E-state index is -3.82. The highest BCUT2D eigenvalue weighted by molar-refractivity contribution is 7.92. The predicted octanol–water partition coefficient (Wildman–Crippen LogP) is 4.62. The average Bonchev–Trinajstić information content (AvgIpc) is 3.36. The largest absolute Gasteiger partial charge is 0.363 e. The Bertz CT molecular complexity index is 1260. The van der Waals surface area contributed by atoms with Crippen molar-refractivity contribution in [3.63, 3.8) is 0 Å². The molecule has 0 bridgehead atoms. The van der Waals surface area contributed by atoms with Crippen molar-refractivity contribution in [1.29, 1.82) is 0 Å². The molecule has 0 saturated carbocycles. The number of nitrogens with zero attached hydrogens (tertiary/aromatic N) is 2. The summed E-state index contributed by atoms with van der Waals surface area (Å²) >= 11 is 1.23. The van der Waals surface area contributed by atoms with E-state index in [-0.39, 0.29) is 10.6 Å². The van der Waals surface area contributed by atoms with Gasteiger partial charge < -0.3 is 9.84 Å². The fourth-order valence-electron chi connectivity index (χ4n) is 2.45. The Labute approximate surface area is 168 Å². The number of sulfonamides is 1. The molecule has 11 heteroatoms. The van der Waals surface area contributed by atoms with E-state index in [1.54, 1.807) is 29.6 Å². The van der Waals surface area contributed by atoms with Crippen LogP contribution in [0.25, 0.3) is 11.3 Å². The van der Waals surface area contributed by atoms with Crippen LogP contribution in [0.15, 0.2) is 69.7 Å². The van der Waals surface area contributed by atoms with Gasteiger partial charge in [0.1, 0.15) is 22.8 Å². The summed E-state index contributed by atoms with van der Waals surface area (Å²) in [7, 11) is -3.82. The Balaban J connectivity index is 1.55. The van der Waals surface area contributed by atoms with E-state index in [2.05, 4.69) is 24.7 Å². The summed E-state index contributed by atoms with van der Waals surface area (Å²) in [4.78, 5) is 4.28. The van der Waals surface area contributed by atoms with Gasteiger partial charge in [0.05, 0.1) is 17.6 Å². The van der Waals surface area contributed by atoms with Crippen LogP contribution in [0.1, 0.15) is 0 Å². The quantitative estimate of drug-likeness (QED) is 0.460. The van der Waals surface area contributed by atoms with E-state index in [0.29, 0.717) is 22.1 Å². The number of nitrogens with one attached hydrogen (secondary N) is 2. The molecule has 2 aromatic carbocycles. The number of anilines is 3. The minimum Gasteiger partial charge on any atom is -0.363 e. The highest BCUT2D eigenvalue weighted by atomic mass is 32.2. The lowest BCUT2D eigenvalue weighted by atomic mass is 10.1. The van der Waals surface area contributed by atoms with Gasteiger partial charge in [-0.05, 0) is 24.3 Å². The summed E-state index contributed by atoms with van der Waals surface area (Å²) in [5.41, 5.74) is 1.64. The molecule has 4 rings (SSSR count). The van der Waals surface area contributed by atoms with Crippen LogP contribution in [0.4, 0.5) is 25.3 Å². The fraction of sp³-hybridized carbons (Fsp3) is 0. The summed E-state index contributed by atoms with van der Waals surface area (Å²) in [6, 6.07) is 9.84. The van der Waals surface area contributed by atoms with Crippen LogP contribution in [-0.2, 0) is 10.0 Å². The van der Waals surface area contributed by atoms with Crippen molar-refractivity contribution in [2.24, 2.45) is 0 Å². The number of benzene rings is 2. The number of hydrogen-bond acceptors (Lipinski definition) is 7. The van der Waals surface area contributed by atoms with Crippen molar-refractivity contribution in [3.8, 4) is 11.3 Å². The molecule has 0 spiro atoms. The van der Waals surface area contributed by atoms with Crippen LogP contribution in [0.2, 0.25) is 0 Å². The van der Waals surface area contributed by atoms with E-state index in [4.69, 9.17) is 0 Å². The zero-order chi connectivity index (χ0) is 20.4. The Morgan fingerprint density at radius 1 is 1.10 bits per heavy atom. The predicted molar refractivity (Wildman–Crippen MR) is 105 cm³/mol. The van der Waals surface area contributed by atoms with Crippen LogP contribution in [0.3, 0.4) is 0 Å². The van der Waals surface area contributed by atoms with E-state index < -0.39 is 21.7 Å². The smallest absolute Gasteiger partial charge is 0.266 e. The Morgan fingerprint density at radius 2 is 1.97 bits per heavy atom. The number of rotatable bonds is 6. The average molecular weight is 434 g/mol. The molecular formula is C18H12F2N4O3S2. The molecule has 0 amide bonds. The van der Waals surface area contributed by atoms with E-state index in [1.807, 2.05) is 0 Å². The molecule has 0 aliphatic carbocycles. The molecule has 4 aromatic rings. The number of halogens is 2. The van der Waals surface area contributed by atoms with Crippen LogP contribution >= 0.6 is 11.3 Å². The third-order valence-electron chi connectivity index (χ3n) is 3.81. The standard InChI is InChI=1S/C18H12F2N4O3S2/c19-12-4-5-16(15(20)7-12)22-18-23-17(10-28-18)11-2-1-3-13(6-11)24-29(25,26)14-8-21-27-9-14/h1-10,24H,(H,22,23). The molecule has 0 radical (unpaired) electrons. The fourth-order valence-corrected chi connectivity index (χ4v) is 4.09. The van der Waals surface area contributed by atoms with Gasteiger partial charge in [0.25, 0.3) is 10.0 Å². The first kappa shape index (κ1) is 19.0. The van der Waals surface area contributed by atoms with Crippen molar-refractivity contribution in [2.45, 2.75) is 4.90 Å². The lowest BCUT2D eigenvalue weighted by Gasteiger charge is -2.07. The maximum Gasteiger partial charge on any atom is 0.266 e. The lowest BCUT2D eigenvalue weighted by Crippen LogP contribution is -2.12.